The average molecular weight is 475 g/mol. The van der Waals surface area contributed by atoms with E-state index in [1.165, 1.54) is 31.7 Å². The number of benzene rings is 3. The fourth-order valence-electron chi connectivity index (χ4n) is 5.37. The molecule has 4 rings (SSSR count). The van der Waals surface area contributed by atoms with Crippen molar-refractivity contribution in [3.8, 4) is 0 Å². The molecule has 0 bridgehead atoms. The Bertz CT molecular complexity index is 1150. The van der Waals surface area contributed by atoms with Gasteiger partial charge in [-0.25, -0.2) is 22.0 Å². The Morgan fingerprint density at radius 1 is 0.676 bits per heavy atom. The fraction of sp³-hybridized carbons (Fsp3) is 0.448. The minimum atomic E-state index is -1.66. The van der Waals surface area contributed by atoms with Crippen molar-refractivity contribution in [2.24, 2.45) is 0 Å². The zero-order valence-corrected chi connectivity index (χ0v) is 19.6. The van der Waals surface area contributed by atoms with Gasteiger partial charge >= 0.3 is 0 Å². The summed E-state index contributed by atoms with van der Waals surface area (Å²) < 4.78 is 70.7. The SMILES string of the molecule is CCCCCCCc1ccc(C2CCC(c3cc(F)c4c(F)c(F)c(F)cc4c3)CC2)c(F)c1. The van der Waals surface area contributed by atoms with Crippen LogP contribution in [-0.4, -0.2) is 0 Å². The smallest absolute Gasteiger partial charge is 0.195 e. The van der Waals surface area contributed by atoms with Crippen LogP contribution in [0.3, 0.4) is 0 Å². The van der Waals surface area contributed by atoms with Crippen LogP contribution < -0.4 is 0 Å². The van der Waals surface area contributed by atoms with Crippen LogP contribution in [0.2, 0.25) is 0 Å². The van der Waals surface area contributed by atoms with Crippen LogP contribution in [-0.2, 0) is 6.42 Å². The average Bonchev–Trinajstić information content (AvgIpc) is 2.82. The molecule has 0 nitrogen and oxygen atoms in total. The van der Waals surface area contributed by atoms with Crippen LogP contribution in [0.5, 0.6) is 0 Å². The van der Waals surface area contributed by atoms with Crippen molar-refractivity contribution in [1.82, 2.24) is 0 Å². The van der Waals surface area contributed by atoms with E-state index in [1.807, 2.05) is 12.1 Å². The van der Waals surface area contributed by atoms with Crippen molar-refractivity contribution in [3.63, 3.8) is 0 Å². The summed E-state index contributed by atoms with van der Waals surface area (Å²) >= 11 is 0. The van der Waals surface area contributed by atoms with Gasteiger partial charge in [0, 0.05) is 0 Å². The lowest BCUT2D eigenvalue weighted by Gasteiger charge is -2.29. The highest BCUT2D eigenvalue weighted by molar-refractivity contribution is 5.84. The number of fused-ring (bicyclic) bond motifs is 1. The largest absolute Gasteiger partial charge is 0.207 e. The monoisotopic (exact) mass is 474 g/mol. The Balaban J connectivity index is 1.41. The molecule has 0 atom stereocenters. The summed E-state index contributed by atoms with van der Waals surface area (Å²) in [6, 6.07) is 9.23. The summed E-state index contributed by atoms with van der Waals surface area (Å²) in [6.45, 7) is 2.19. The van der Waals surface area contributed by atoms with E-state index in [4.69, 9.17) is 0 Å². The van der Waals surface area contributed by atoms with Crippen molar-refractivity contribution in [1.29, 1.82) is 0 Å². The maximum atomic E-state index is 14.9. The Labute approximate surface area is 198 Å². The maximum absolute atomic E-state index is 14.9. The van der Waals surface area contributed by atoms with Crippen LogP contribution in [0, 0.1) is 29.1 Å². The first kappa shape index (κ1) is 24.7. The summed E-state index contributed by atoms with van der Waals surface area (Å²) in [5.74, 6) is -5.42. The first-order valence-electron chi connectivity index (χ1n) is 12.4. The van der Waals surface area contributed by atoms with E-state index in [0.717, 1.165) is 55.7 Å². The van der Waals surface area contributed by atoms with Crippen molar-refractivity contribution in [2.45, 2.75) is 83.0 Å². The van der Waals surface area contributed by atoms with Gasteiger partial charge in [-0.1, -0.05) is 50.8 Å². The maximum Gasteiger partial charge on any atom is 0.195 e. The minimum absolute atomic E-state index is 0.0109. The van der Waals surface area contributed by atoms with Gasteiger partial charge < -0.3 is 0 Å². The molecule has 0 N–H and O–H groups in total. The van der Waals surface area contributed by atoms with Crippen molar-refractivity contribution < 1.29 is 22.0 Å². The number of halogens is 5. The van der Waals surface area contributed by atoms with Crippen LogP contribution in [0.1, 0.15) is 93.2 Å². The lowest BCUT2D eigenvalue weighted by atomic mass is 9.75. The van der Waals surface area contributed by atoms with Gasteiger partial charge in [-0.15, -0.1) is 0 Å². The number of aryl methyl sites for hydroxylation is 1. The molecule has 0 spiro atoms. The highest BCUT2D eigenvalue weighted by Crippen LogP contribution is 2.42. The molecule has 1 aliphatic carbocycles. The van der Waals surface area contributed by atoms with Crippen molar-refractivity contribution in [2.75, 3.05) is 0 Å². The number of hydrogen-bond donors (Lipinski definition) is 0. The first-order valence-corrected chi connectivity index (χ1v) is 12.4. The summed E-state index contributed by atoms with van der Waals surface area (Å²) in [5.41, 5.74) is 2.42. The number of rotatable bonds is 8. The van der Waals surface area contributed by atoms with E-state index in [-0.39, 0.29) is 23.0 Å². The molecule has 34 heavy (non-hydrogen) atoms. The fourth-order valence-corrected chi connectivity index (χ4v) is 5.37. The Hall–Kier alpha value is -2.43. The second-order valence-electron chi connectivity index (χ2n) is 9.66. The van der Waals surface area contributed by atoms with Gasteiger partial charge in [0.2, 0.25) is 0 Å². The first-order chi connectivity index (χ1) is 16.4. The molecular formula is C29H31F5. The van der Waals surface area contributed by atoms with Gasteiger partial charge in [0.25, 0.3) is 0 Å². The molecule has 3 aromatic carbocycles. The molecule has 5 heteroatoms. The molecule has 0 aromatic heterocycles. The van der Waals surface area contributed by atoms with Gasteiger partial charge in [0.1, 0.15) is 11.6 Å². The summed E-state index contributed by atoms with van der Waals surface area (Å²) in [6.07, 6.45) is 9.77. The summed E-state index contributed by atoms with van der Waals surface area (Å²) in [7, 11) is 0. The quantitative estimate of drug-likeness (QED) is 0.173. The Kier molecular flexibility index (Phi) is 7.90. The molecule has 1 fully saturated rings. The Morgan fingerprint density at radius 2 is 1.38 bits per heavy atom. The molecule has 0 unspecified atom stereocenters. The van der Waals surface area contributed by atoms with E-state index in [0.29, 0.717) is 5.56 Å². The third-order valence-electron chi connectivity index (χ3n) is 7.32. The Morgan fingerprint density at radius 3 is 2.09 bits per heavy atom. The highest BCUT2D eigenvalue weighted by Gasteiger charge is 2.27. The predicted octanol–water partition coefficient (Wildman–Crippen LogP) is 9.49. The molecule has 0 amide bonds. The molecule has 182 valence electrons. The van der Waals surface area contributed by atoms with E-state index in [2.05, 4.69) is 6.92 Å². The third kappa shape index (κ3) is 5.29. The topological polar surface area (TPSA) is 0 Å². The molecule has 1 saturated carbocycles. The van der Waals surface area contributed by atoms with E-state index in [1.54, 1.807) is 12.1 Å². The predicted molar refractivity (Wildman–Crippen MR) is 127 cm³/mol. The van der Waals surface area contributed by atoms with Crippen LogP contribution in [0.15, 0.2) is 36.4 Å². The number of unbranched alkanes of at least 4 members (excludes halogenated alkanes) is 4. The van der Waals surface area contributed by atoms with Gasteiger partial charge in [0.15, 0.2) is 17.5 Å². The molecule has 3 aromatic rings. The molecule has 0 radical (unpaired) electrons. The minimum Gasteiger partial charge on any atom is -0.207 e. The normalized spacial score (nSPS) is 18.5. The summed E-state index contributed by atoms with van der Waals surface area (Å²) in [5, 5.41) is -0.506. The second-order valence-corrected chi connectivity index (χ2v) is 9.66. The second kappa shape index (κ2) is 10.9. The standard InChI is InChI=1S/C29H31F5/c1-2-3-4-5-6-7-18-8-13-23(24(30)14-18)20-11-9-19(10-12-20)21-15-22-17-26(32)28(33)29(34)27(22)25(31)16-21/h8,13-17,19-20H,2-7,9-12H2,1H3. The van der Waals surface area contributed by atoms with Crippen LogP contribution in [0.25, 0.3) is 10.8 Å². The van der Waals surface area contributed by atoms with Crippen molar-refractivity contribution >= 4 is 10.8 Å². The highest BCUT2D eigenvalue weighted by atomic mass is 19.2. The lowest BCUT2D eigenvalue weighted by molar-refractivity contribution is 0.387. The van der Waals surface area contributed by atoms with Gasteiger partial charge in [-0.2, -0.15) is 0 Å². The molecule has 0 aliphatic heterocycles. The van der Waals surface area contributed by atoms with E-state index >= 15 is 0 Å². The van der Waals surface area contributed by atoms with Crippen molar-refractivity contribution in [3.05, 3.63) is 82.2 Å². The lowest BCUT2D eigenvalue weighted by Crippen LogP contribution is -2.14. The van der Waals surface area contributed by atoms with Crippen LogP contribution in [0.4, 0.5) is 22.0 Å². The van der Waals surface area contributed by atoms with E-state index < -0.39 is 28.7 Å². The summed E-state index contributed by atoms with van der Waals surface area (Å²) in [4.78, 5) is 0. The van der Waals surface area contributed by atoms with Gasteiger partial charge in [0.05, 0.1) is 5.39 Å². The molecule has 0 heterocycles. The van der Waals surface area contributed by atoms with Gasteiger partial charge in [-0.05, 0) is 90.6 Å². The number of hydrogen-bond acceptors (Lipinski definition) is 0. The zero-order chi connectivity index (χ0) is 24.2. The van der Waals surface area contributed by atoms with Crippen LogP contribution >= 0.6 is 0 Å². The molecular weight excluding hydrogens is 443 g/mol. The molecule has 1 aliphatic rings. The third-order valence-corrected chi connectivity index (χ3v) is 7.32. The molecule has 0 saturated heterocycles. The van der Waals surface area contributed by atoms with Gasteiger partial charge in [-0.3, -0.25) is 0 Å². The zero-order valence-electron chi connectivity index (χ0n) is 19.6. The van der Waals surface area contributed by atoms with E-state index in [9.17, 15) is 22.0 Å².